The third-order valence-corrected chi connectivity index (χ3v) is 5.29. The molecular weight excluding hydrogens is 338 g/mol. The zero-order chi connectivity index (χ0) is 17.2. The molecule has 0 bridgehead atoms. The second-order valence-corrected chi connectivity index (χ2v) is 7.11. The highest BCUT2D eigenvalue weighted by atomic mass is 32.1. The molecule has 7 nitrogen and oxygen atoms in total. The lowest BCUT2D eigenvalue weighted by Gasteiger charge is -2.33. The van der Waals surface area contributed by atoms with E-state index < -0.39 is 0 Å². The topological polar surface area (TPSA) is 74.5 Å². The molecule has 3 aromatic rings. The minimum Gasteiger partial charge on any atom is -0.360 e. The molecule has 1 amide bonds. The van der Waals surface area contributed by atoms with Crippen molar-refractivity contribution in [3.05, 3.63) is 36.1 Å². The fourth-order valence-corrected chi connectivity index (χ4v) is 3.92. The summed E-state index contributed by atoms with van der Waals surface area (Å²) in [4.78, 5) is 21.2. The molecule has 0 saturated carbocycles. The van der Waals surface area contributed by atoms with Crippen LogP contribution in [0, 0.1) is 6.92 Å². The van der Waals surface area contributed by atoms with Crippen LogP contribution in [0.5, 0.6) is 0 Å². The van der Waals surface area contributed by atoms with Gasteiger partial charge < -0.3 is 14.7 Å². The highest BCUT2D eigenvalue weighted by molar-refractivity contribution is 7.22. The molecule has 8 heteroatoms. The van der Waals surface area contributed by atoms with Crippen LogP contribution in [0.15, 0.2) is 34.9 Å². The molecule has 4 rings (SSSR count). The third-order valence-electron chi connectivity index (χ3n) is 4.19. The molecule has 1 fully saturated rings. The summed E-state index contributed by atoms with van der Waals surface area (Å²) >= 11 is 1.72. The fraction of sp³-hybridized carbons (Fsp3) is 0.353. The van der Waals surface area contributed by atoms with Gasteiger partial charge in [0.1, 0.15) is 5.76 Å². The summed E-state index contributed by atoms with van der Waals surface area (Å²) in [5.74, 6) is 1.08. The number of anilines is 2. The molecular formula is C17H19N5O2S. The molecule has 0 unspecified atom stereocenters. The van der Waals surface area contributed by atoms with Crippen LogP contribution in [0.1, 0.15) is 5.76 Å². The van der Waals surface area contributed by atoms with E-state index in [1.165, 1.54) is 4.70 Å². The molecule has 2 aromatic heterocycles. The van der Waals surface area contributed by atoms with Gasteiger partial charge >= 0.3 is 0 Å². The summed E-state index contributed by atoms with van der Waals surface area (Å²) in [5.41, 5.74) is 1.05. The number of aryl methyl sites for hydroxylation is 1. The molecule has 3 heterocycles. The maximum atomic E-state index is 12.1. The van der Waals surface area contributed by atoms with Crippen molar-refractivity contribution in [1.82, 2.24) is 15.0 Å². The average Bonchev–Trinajstić information content (AvgIpc) is 3.21. The molecule has 0 radical (unpaired) electrons. The van der Waals surface area contributed by atoms with Crippen molar-refractivity contribution in [3.63, 3.8) is 0 Å². The Morgan fingerprint density at radius 3 is 2.80 bits per heavy atom. The molecule has 0 aliphatic carbocycles. The van der Waals surface area contributed by atoms with Crippen LogP contribution >= 0.6 is 11.3 Å². The second kappa shape index (κ2) is 6.81. The van der Waals surface area contributed by atoms with Gasteiger partial charge in [-0.15, -0.1) is 0 Å². The molecule has 1 saturated heterocycles. The van der Waals surface area contributed by atoms with Gasteiger partial charge in [-0.05, 0) is 19.1 Å². The van der Waals surface area contributed by atoms with Gasteiger partial charge in [0.2, 0.25) is 5.91 Å². The number of carbonyl (C=O) groups is 1. The van der Waals surface area contributed by atoms with Crippen molar-refractivity contribution in [1.29, 1.82) is 0 Å². The quantitative estimate of drug-likeness (QED) is 0.773. The lowest BCUT2D eigenvalue weighted by molar-refractivity contribution is -0.117. The number of nitrogens with one attached hydrogen (secondary N) is 1. The Kier molecular flexibility index (Phi) is 4.37. The Bertz CT molecular complexity index is 849. The smallest absolute Gasteiger partial charge is 0.239 e. The Hall–Kier alpha value is -2.45. The van der Waals surface area contributed by atoms with Crippen LogP contribution in [0.4, 0.5) is 10.9 Å². The van der Waals surface area contributed by atoms with E-state index in [0.29, 0.717) is 18.1 Å². The van der Waals surface area contributed by atoms with Crippen molar-refractivity contribution in [3.8, 4) is 0 Å². The number of piperazine rings is 1. The third kappa shape index (κ3) is 3.64. The van der Waals surface area contributed by atoms with Gasteiger partial charge in [0.25, 0.3) is 0 Å². The van der Waals surface area contributed by atoms with E-state index in [0.717, 1.165) is 36.8 Å². The van der Waals surface area contributed by atoms with Gasteiger partial charge in [0.15, 0.2) is 10.9 Å². The minimum atomic E-state index is -0.0678. The predicted octanol–water partition coefficient (Wildman–Crippen LogP) is 2.35. The lowest BCUT2D eigenvalue weighted by atomic mass is 10.3. The number of hydrogen-bond donors (Lipinski definition) is 1. The zero-order valence-electron chi connectivity index (χ0n) is 13.9. The number of hydrogen-bond acceptors (Lipinski definition) is 7. The van der Waals surface area contributed by atoms with Gasteiger partial charge in [0.05, 0.1) is 16.8 Å². The van der Waals surface area contributed by atoms with E-state index in [-0.39, 0.29) is 5.91 Å². The monoisotopic (exact) mass is 357 g/mol. The normalized spacial score (nSPS) is 15.6. The standard InChI is InChI=1S/C17H19N5O2S/c1-12-10-15(20-24-12)19-16(23)11-21-6-8-22(9-7-21)17-18-13-4-2-3-5-14(13)25-17/h2-5,10H,6-9,11H2,1H3,(H,19,20,23). The molecule has 1 aliphatic heterocycles. The van der Waals surface area contributed by atoms with Crippen LogP contribution in [0.2, 0.25) is 0 Å². The zero-order valence-corrected chi connectivity index (χ0v) is 14.8. The number of aromatic nitrogens is 2. The Morgan fingerprint density at radius 2 is 2.08 bits per heavy atom. The van der Waals surface area contributed by atoms with Crippen molar-refractivity contribution >= 4 is 38.4 Å². The summed E-state index contributed by atoms with van der Waals surface area (Å²) in [6, 6.07) is 9.91. The molecule has 130 valence electrons. The Morgan fingerprint density at radius 1 is 1.28 bits per heavy atom. The van der Waals surface area contributed by atoms with Gasteiger partial charge in [-0.2, -0.15) is 0 Å². The summed E-state index contributed by atoms with van der Waals surface area (Å²) in [6.45, 7) is 5.57. The van der Waals surface area contributed by atoms with E-state index in [1.54, 1.807) is 24.3 Å². The van der Waals surface area contributed by atoms with E-state index in [1.807, 2.05) is 18.2 Å². The Labute approximate surface area is 149 Å². The predicted molar refractivity (Wildman–Crippen MR) is 98.1 cm³/mol. The molecule has 1 aromatic carbocycles. The number of fused-ring (bicyclic) bond motifs is 1. The molecule has 1 N–H and O–H groups in total. The van der Waals surface area contributed by atoms with Gasteiger partial charge in [-0.25, -0.2) is 4.98 Å². The maximum Gasteiger partial charge on any atom is 0.239 e. The van der Waals surface area contributed by atoms with Crippen molar-refractivity contribution in [2.75, 3.05) is 42.9 Å². The minimum absolute atomic E-state index is 0.0678. The van der Waals surface area contributed by atoms with Crippen LogP contribution in [0.25, 0.3) is 10.2 Å². The lowest BCUT2D eigenvalue weighted by Crippen LogP contribution is -2.48. The number of nitrogens with zero attached hydrogens (tertiary/aromatic N) is 4. The number of benzene rings is 1. The van der Waals surface area contributed by atoms with E-state index in [2.05, 4.69) is 26.3 Å². The van der Waals surface area contributed by atoms with Crippen molar-refractivity contribution in [2.24, 2.45) is 0 Å². The van der Waals surface area contributed by atoms with E-state index in [9.17, 15) is 4.79 Å². The number of thiazole rings is 1. The van der Waals surface area contributed by atoms with Crippen LogP contribution in [-0.2, 0) is 4.79 Å². The highest BCUT2D eigenvalue weighted by Gasteiger charge is 2.21. The summed E-state index contributed by atoms with van der Waals surface area (Å²) in [6.07, 6.45) is 0. The van der Waals surface area contributed by atoms with E-state index >= 15 is 0 Å². The highest BCUT2D eigenvalue weighted by Crippen LogP contribution is 2.29. The first-order valence-electron chi connectivity index (χ1n) is 8.23. The fourth-order valence-electron chi connectivity index (χ4n) is 2.90. The SMILES string of the molecule is Cc1cc(NC(=O)CN2CCN(c3nc4ccccc4s3)CC2)no1. The molecule has 1 aliphatic rings. The molecule has 0 atom stereocenters. The first kappa shape index (κ1) is 16.0. The largest absolute Gasteiger partial charge is 0.360 e. The summed E-state index contributed by atoms with van der Waals surface area (Å²) in [7, 11) is 0. The van der Waals surface area contributed by atoms with Gasteiger partial charge in [0, 0.05) is 32.2 Å². The Balaban J connectivity index is 1.31. The maximum absolute atomic E-state index is 12.1. The van der Waals surface area contributed by atoms with Crippen molar-refractivity contribution < 1.29 is 9.32 Å². The second-order valence-electron chi connectivity index (χ2n) is 6.10. The number of rotatable bonds is 4. The van der Waals surface area contributed by atoms with E-state index in [4.69, 9.17) is 9.51 Å². The number of amides is 1. The number of carbonyl (C=O) groups excluding carboxylic acids is 1. The summed E-state index contributed by atoms with van der Waals surface area (Å²) < 4.78 is 6.16. The molecule has 0 spiro atoms. The summed E-state index contributed by atoms with van der Waals surface area (Å²) in [5, 5.41) is 7.60. The first-order chi connectivity index (χ1) is 12.2. The van der Waals surface area contributed by atoms with Crippen LogP contribution in [-0.4, -0.2) is 53.7 Å². The van der Waals surface area contributed by atoms with Crippen LogP contribution in [0.3, 0.4) is 0 Å². The van der Waals surface area contributed by atoms with Crippen molar-refractivity contribution in [2.45, 2.75) is 6.92 Å². The van der Waals surface area contributed by atoms with Gasteiger partial charge in [-0.1, -0.05) is 28.6 Å². The average molecular weight is 357 g/mol. The number of para-hydroxylation sites is 1. The van der Waals surface area contributed by atoms with Crippen LogP contribution < -0.4 is 10.2 Å². The molecule has 25 heavy (non-hydrogen) atoms. The van der Waals surface area contributed by atoms with Gasteiger partial charge in [-0.3, -0.25) is 9.69 Å². The first-order valence-corrected chi connectivity index (χ1v) is 9.05.